The molecule has 0 aliphatic carbocycles. The number of piperidine rings is 1. The maximum atomic E-state index is 12.8. The molecule has 2 aromatic heterocycles. The van der Waals surface area contributed by atoms with E-state index in [2.05, 4.69) is 4.98 Å². The molecule has 0 spiro atoms. The molecule has 0 bridgehead atoms. The van der Waals surface area contributed by atoms with Crippen LogP contribution in [0.2, 0.25) is 0 Å². The number of aromatic nitrogens is 2. The number of nitrogens with zero attached hydrogens (tertiary/aromatic N) is 3. The van der Waals surface area contributed by atoms with E-state index in [1.807, 2.05) is 32.6 Å². The standard InChI is InChI=1S/C19H27N3O4S/c1-12(2)26-15(23)9-21-7-5-19(25,6-8-21)10-22-11-20-17-16(18(22)24)13(3)14(4)27-17/h11-12,25H,5-10H2,1-4H3. The van der Waals surface area contributed by atoms with Gasteiger partial charge >= 0.3 is 5.97 Å². The number of fused-ring (bicyclic) bond motifs is 1. The second-order valence-electron chi connectivity index (χ2n) is 7.68. The Labute approximate surface area is 162 Å². The minimum atomic E-state index is -0.976. The number of thiophene rings is 1. The Morgan fingerprint density at radius 3 is 2.67 bits per heavy atom. The Hall–Kier alpha value is -1.77. The number of likely N-dealkylation sites (tertiary alicyclic amines) is 1. The van der Waals surface area contributed by atoms with E-state index in [4.69, 9.17) is 4.74 Å². The molecule has 0 atom stereocenters. The fourth-order valence-corrected chi connectivity index (χ4v) is 4.46. The molecule has 1 aliphatic rings. The fraction of sp³-hybridized carbons (Fsp3) is 0.632. The van der Waals surface area contributed by atoms with Crippen LogP contribution in [0.25, 0.3) is 10.2 Å². The predicted molar refractivity (Wildman–Crippen MR) is 105 cm³/mol. The summed E-state index contributed by atoms with van der Waals surface area (Å²) in [5.74, 6) is -0.246. The van der Waals surface area contributed by atoms with Crippen molar-refractivity contribution in [2.45, 2.75) is 58.8 Å². The molecule has 8 heteroatoms. The third-order valence-corrected chi connectivity index (χ3v) is 6.24. The van der Waals surface area contributed by atoms with Gasteiger partial charge in [0.25, 0.3) is 5.56 Å². The van der Waals surface area contributed by atoms with Gasteiger partial charge in [0, 0.05) is 18.0 Å². The van der Waals surface area contributed by atoms with Crippen molar-refractivity contribution in [3.8, 4) is 0 Å². The van der Waals surface area contributed by atoms with Crippen LogP contribution in [0.1, 0.15) is 37.1 Å². The lowest BCUT2D eigenvalue weighted by atomic mass is 9.91. The first kappa shape index (κ1) is 20.0. The zero-order valence-electron chi connectivity index (χ0n) is 16.3. The number of carbonyl (C=O) groups excluding carboxylic acids is 1. The zero-order valence-corrected chi connectivity index (χ0v) is 17.1. The lowest BCUT2D eigenvalue weighted by Crippen LogP contribution is -2.49. The van der Waals surface area contributed by atoms with E-state index in [1.165, 1.54) is 22.2 Å². The first-order chi connectivity index (χ1) is 12.7. The van der Waals surface area contributed by atoms with Gasteiger partial charge < -0.3 is 9.84 Å². The number of carbonyl (C=O) groups is 1. The summed E-state index contributed by atoms with van der Waals surface area (Å²) in [6.07, 6.45) is 2.39. The molecule has 1 saturated heterocycles. The summed E-state index contributed by atoms with van der Waals surface area (Å²) in [6.45, 7) is 9.19. The molecule has 3 rings (SSSR count). The number of hydrogen-bond acceptors (Lipinski definition) is 7. The van der Waals surface area contributed by atoms with Crippen LogP contribution in [0, 0.1) is 13.8 Å². The number of esters is 1. The monoisotopic (exact) mass is 393 g/mol. The van der Waals surface area contributed by atoms with Gasteiger partial charge in [-0.1, -0.05) is 0 Å². The highest BCUT2D eigenvalue weighted by Gasteiger charge is 2.34. The van der Waals surface area contributed by atoms with E-state index >= 15 is 0 Å². The SMILES string of the molecule is Cc1sc2ncn(CC3(O)CCN(CC(=O)OC(C)C)CC3)c(=O)c2c1C. The van der Waals surface area contributed by atoms with Gasteiger partial charge in [0.15, 0.2) is 0 Å². The molecule has 27 heavy (non-hydrogen) atoms. The largest absolute Gasteiger partial charge is 0.462 e. The molecule has 0 unspecified atom stereocenters. The first-order valence-electron chi connectivity index (χ1n) is 9.28. The van der Waals surface area contributed by atoms with Crippen LogP contribution >= 0.6 is 11.3 Å². The molecule has 3 heterocycles. The summed E-state index contributed by atoms with van der Waals surface area (Å²) < 4.78 is 6.69. The van der Waals surface area contributed by atoms with Crippen LogP contribution < -0.4 is 5.56 Å². The molecule has 0 radical (unpaired) electrons. The summed E-state index contributed by atoms with van der Waals surface area (Å²) in [5.41, 5.74) is -0.109. The van der Waals surface area contributed by atoms with Gasteiger partial charge in [-0.25, -0.2) is 4.98 Å². The topological polar surface area (TPSA) is 84.7 Å². The van der Waals surface area contributed by atoms with Crippen LogP contribution in [0.3, 0.4) is 0 Å². The van der Waals surface area contributed by atoms with Crippen molar-refractivity contribution >= 4 is 27.5 Å². The molecular weight excluding hydrogens is 366 g/mol. The normalized spacial score (nSPS) is 17.6. The van der Waals surface area contributed by atoms with E-state index in [1.54, 1.807) is 0 Å². The van der Waals surface area contributed by atoms with E-state index in [-0.39, 0.29) is 30.7 Å². The van der Waals surface area contributed by atoms with Gasteiger partial charge in [0.2, 0.25) is 0 Å². The van der Waals surface area contributed by atoms with Crippen LogP contribution in [0.5, 0.6) is 0 Å². The van der Waals surface area contributed by atoms with Crippen molar-refractivity contribution in [1.29, 1.82) is 0 Å². The quantitative estimate of drug-likeness (QED) is 0.781. The summed E-state index contributed by atoms with van der Waals surface area (Å²) in [6, 6.07) is 0. The Morgan fingerprint density at radius 2 is 2.04 bits per heavy atom. The highest BCUT2D eigenvalue weighted by Crippen LogP contribution is 2.27. The lowest BCUT2D eigenvalue weighted by molar-refractivity contribution is -0.150. The van der Waals surface area contributed by atoms with Gasteiger partial charge in [0.1, 0.15) is 4.83 Å². The van der Waals surface area contributed by atoms with Gasteiger partial charge in [0.05, 0.1) is 36.5 Å². The van der Waals surface area contributed by atoms with Gasteiger partial charge in [-0.05, 0) is 46.1 Å². The molecule has 1 aliphatic heterocycles. The van der Waals surface area contributed by atoms with Crippen molar-refractivity contribution in [2.24, 2.45) is 0 Å². The number of rotatable bonds is 5. The van der Waals surface area contributed by atoms with Crippen LogP contribution in [0.15, 0.2) is 11.1 Å². The highest BCUT2D eigenvalue weighted by atomic mass is 32.1. The minimum Gasteiger partial charge on any atom is -0.462 e. The molecule has 2 aromatic rings. The van der Waals surface area contributed by atoms with Gasteiger partial charge in [-0.2, -0.15) is 0 Å². The van der Waals surface area contributed by atoms with Crippen molar-refractivity contribution in [3.63, 3.8) is 0 Å². The summed E-state index contributed by atoms with van der Waals surface area (Å²) in [4.78, 5) is 32.9. The third-order valence-electron chi connectivity index (χ3n) is 5.13. The Kier molecular flexibility index (Phi) is 5.69. The van der Waals surface area contributed by atoms with Crippen LogP contribution in [-0.4, -0.2) is 56.9 Å². The van der Waals surface area contributed by atoms with E-state index in [0.717, 1.165) is 15.3 Å². The van der Waals surface area contributed by atoms with Crippen LogP contribution in [-0.2, 0) is 16.1 Å². The fourth-order valence-electron chi connectivity index (χ4n) is 3.47. The highest BCUT2D eigenvalue weighted by molar-refractivity contribution is 7.18. The average Bonchev–Trinajstić information content (AvgIpc) is 2.87. The maximum absolute atomic E-state index is 12.8. The molecular formula is C19H27N3O4S. The smallest absolute Gasteiger partial charge is 0.320 e. The first-order valence-corrected chi connectivity index (χ1v) is 10.1. The predicted octanol–water partition coefficient (Wildman–Crippen LogP) is 1.85. The Morgan fingerprint density at radius 1 is 1.37 bits per heavy atom. The summed E-state index contributed by atoms with van der Waals surface area (Å²) in [7, 11) is 0. The van der Waals surface area contributed by atoms with Crippen LogP contribution in [0.4, 0.5) is 0 Å². The van der Waals surface area contributed by atoms with Crippen molar-refractivity contribution in [2.75, 3.05) is 19.6 Å². The number of aryl methyl sites for hydroxylation is 2. The molecule has 7 nitrogen and oxygen atoms in total. The van der Waals surface area contributed by atoms with E-state index in [9.17, 15) is 14.7 Å². The number of ether oxygens (including phenoxy) is 1. The van der Waals surface area contributed by atoms with Gasteiger partial charge in [-0.3, -0.25) is 19.1 Å². The molecule has 1 N–H and O–H groups in total. The number of hydrogen-bond donors (Lipinski definition) is 1. The van der Waals surface area contributed by atoms with E-state index < -0.39 is 5.60 Å². The molecule has 0 saturated carbocycles. The Bertz CT molecular complexity index is 894. The molecule has 148 valence electrons. The summed E-state index contributed by atoms with van der Waals surface area (Å²) >= 11 is 1.52. The number of aliphatic hydroxyl groups is 1. The maximum Gasteiger partial charge on any atom is 0.320 e. The third kappa shape index (κ3) is 4.39. The van der Waals surface area contributed by atoms with Gasteiger partial charge in [-0.15, -0.1) is 11.3 Å². The van der Waals surface area contributed by atoms with Crippen molar-refractivity contribution in [1.82, 2.24) is 14.5 Å². The molecule has 0 amide bonds. The zero-order chi connectivity index (χ0) is 19.8. The summed E-state index contributed by atoms with van der Waals surface area (Å²) in [5, 5.41) is 11.6. The second kappa shape index (κ2) is 7.69. The second-order valence-corrected chi connectivity index (χ2v) is 8.88. The van der Waals surface area contributed by atoms with E-state index in [0.29, 0.717) is 31.3 Å². The average molecular weight is 394 g/mol. The lowest BCUT2D eigenvalue weighted by Gasteiger charge is -2.38. The molecule has 0 aromatic carbocycles. The molecule has 1 fully saturated rings. The minimum absolute atomic E-state index is 0.0989. The Balaban J connectivity index is 1.67. The van der Waals surface area contributed by atoms with Crippen molar-refractivity contribution in [3.05, 3.63) is 27.1 Å². The van der Waals surface area contributed by atoms with Crippen molar-refractivity contribution < 1.29 is 14.6 Å².